The molecule has 0 bridgehead atoms. The number of hydrogen-bond acceptors (Lipinski definition) is 8. The number of amides is 1. The highest BCUT2D eigenvalue weighted by Crippen LogP contribution is 2.45. The lowest BCUT2D eigenvalue weighted by Crippen LogP contribution is -2.71. The Balaban J connectivity index is 1.45. The Kier molecular flexibility index (Phi) is 9.27. The zero-order chi connectivity index (χ0) is 31.3. The van der Waals surface area contributed by atoms with Gasteiger partial charge >= 0.3 is 11.9 Å². The highest BCUT2D eigenvalue weighted by Gasteiger charge is 2.60. The number of halogens is 1. The summed E-state index contributed by atoms with van der Waals surface area (Å²) in [6.45, 7) is 8.78. The van der Waals surface area contributed by atoms with E-state index >= 15 is 0 Å². The quantitative estimate of drug-likeness (QED) is 0.0498. The summed E-state index contributed by atoms with van der Waals surface area (Å²) in [6, 6.07) is 20.1. The number of pyridine rings is 1. The maximum Gasteiger partial charge on any atom is 0.338 e. The Morgan fingerprint density at radius 2 is 1.77 bits per heavy atom. The number of carbonyl (C=O) groups excluding carboxylic acids is 3. The van der Waals surface area contributed by atoms with E-state index in [2.05, 4.69) is 18.1 Å². The summed E-state index contributed by atoms with van der Waals surface area (Å²) in [5.41, 5.74) is 1.35. The smallest absolute Gasteiger partial charge is 0.338 e. The number of ether oxygens (including phenoxy) is 2. The molecule has 0 radical (unpaired) electrons. The van der Waals surface area contributed by atoms with E-state index < -0.39 is 41.6 Å². The number of hydrogen-bond donors (Lipinski definition) is 0. The normalized spacial score (nSPS) is 21.7. The zero-order valence-electron chi connectivity index (χ0n) is 24.1. The Morgan fingerprint density at radius 1 is 1.11 bits per heavy atom. The summed E-state index contributed by atoms with van der Waals surface area (Å²) >= 11 is 5.82. The Hall–Kier alpha value is -4.73. The van der Waals surface area contributed by atoms with E-state index in [1.165, 1.54) is 23.2 Å². The van der Waals surface area contributed by atoms with Crippen LogP contribution in [0.2, 0.25) is 0 Å². The fraction of sp³-hybridized carbons (Fsp3) is 0.235. The second-order valence-electron chi connectivity index (χ2n) is 10.6. The number of nitrogens with zero attached hydrogens (tertiary/aromatic N) is 2. The Morgan fingerprint density at radius 3 is 2.39 bits per heavy atom. The van der Waals surface area contributed by atoms with Crippen molar-refractivity contribution >= 4 is 35.5 Å². The average molecular weight is 615 g/mol. The van der Waals surface area contributed by atoms with Crippen LogP contribution in [-0.4, -0.2) is 52.0 Å². The second kappa shape index (κ2) is 13.3. The molecule has 1 aromatic heterocycles. The van der Waals surface area contributed by atoms with Crippen molar-refractivity contribution in [2.45, 2.75) is 43.6 Å². The first-order chi connectivity index (χ1) is 21.2. The second-order valence-corrected chi connectivity index (χ2v) is 11.0. The zero-order valence-corrected chi connectivity index (χ0v) is 24.8. The standard InChI is InChI=1S/C34H31ClN2O7/c1-4-19-41-32(39)25-16-18-36-26(20-25)21-27-28-15-17-34(3,44-43-22(2)35)30(37(28)31(27)38)33(40)42-29(23-11-7-5-8-12-23)24-13-9-6-10-14-24/h4-14,16,18,20-21,28-30H,1-2,15,17,19H2,3H3/b27-21+/t28?,30-,34?/m0/s1. The molecule has 2 aromatic carbocycles. The van der Waals surface area contributed by atoms with E-state index in [9.17, 15) is 14.4 Å². The van der Waals surface area contributed by atoms with Crippen LogP contribution in [0.3, 0.4) is 0 Å². The molecule has 2 unspecified atom stereocenters. The first-order valence-electron chi connectivity index (χ1n) is 14.0. The van der Waals surface area contributed by atoms with Crippen molar-refractivity contribution in [3.05, 3.63) is 131 Å². The molecule has 3 atom stereocenters. The predicted molar refractivity (Wildman–Crippen MR) is 163 cm³/mol. The molecule has 0 aliphatic carbocycles. The third kappa shape index (κ3) is 6.44. The van der Waals surface area contributed by atoms with Gasteiger partial charge in [0.25, 0.3) is 5.91 Å². The van der Waals surface area contributed by atoms with Crippen molar-refractivity contribution in [2.75, 3.05) is 6.61 Å². The molecule has 2 fully saturated rings. The van der Waals surface area contributed by atoms with Gasteiger partial charge in [-0.15, -0.1) is 0 Å². The topological polar surface area (TPSA) is 104 Å². The molecule has 1 amide bonds. The first-order valence-corrected chi connectivity index (χ1v) is 14.4. The summed E-state index contributed by atoms with van der Waals surface area (Å²) in [4.78, 5) is 56.7. The molecule has 3 aromatic rings. The molecule has 5 rings (SSSR count). The van der Waals surface area contributed by atoms with Crippen LogP contribution < -0.4 is 0 Å². The monoisotopic (exact) mass is 614 g/mol. The van der Waals surface area contributed by atoms with Crippen molar-refractivity contribution in [3.8, 4) is 0 Å². The molecule has 3 heterocycles. The largest absolute Gasteiger partial charge is 0.458 e. The molecule has 226 valence electrons. The number of benzene rings is 2. The van der Waals surface area contributed by atoms with Gasteiger partial charge in [-0.3, -0.25) is 9.78 Å². The number of piperidine rings is 1. The molecule has 2 saturated heterocycles. The summed E-state index contributed by atoms with van der Waals surface area (Å²) in [5, 5.41) is -0.222. The van der Waals surface area contributed by atoms with Crippen molar-refractivity contribution in [2.24, 2.45) is 0 Å². The lowest BCUT2D eigenvalue weighted by Gasteiger charge is -2.55. The van der Waals surface area contributed by atoms with E-state index in [0.29, 0.717) is 24.1 Å². The minimum atomic E-state index is -1.31. The summed E-state index contributed by atoms with van der Waals surface area (Å²) < 4.78 is 11.3. The molecule has 0 N–H and O–H groups in total. The van der Waals surface area contributed by atoms with Crippen molar-refractivity contribution in [3.63, 3.8) is 0 Å². The minimum Gasteiger partial charge on any atom is -0.458 e. The van der Waals surface area contributed by atoms with Crippen LogP contribution in [0.4, 0.5) is 0 Å². The van der Waals surface area contributed by atoms with Gasteiger partial charge in [0.05, 0.1) is 17.3 Å². The molecule has 9 nitrogen and oxygen atoms in total. The molecule has 0 spiro atoms. The van der Waals surface area contributed by atoms with E-state index in [-0.39, 0.29) is 17.4 Å². The van der Waals surface area contributed by atoms with Crippen molar-refractivity contribution < 1.29 is 33.6 Å². The molecule has 10 heteroatoms. The Labute approximate surface area is 260 Å². The van der Waals surface area contributed by atoms with Crippen LogP contribution >= 0.6 is 11.6 Å². The van der Waals surface area contributed by atoms with Crippen molar-refractivity contribution in [1.82, 2.24) is 9.88 Å². The highest BCUT2D eigenvalue weighted by atomic mass is 35.5. The first kappa shape index (κ1) is 30.7. The van der Waals surface area contributed by atoms with Crippen LogP contribution in [0.25, 0.3) is 6.08 Å². The van der Waals surface area contributed by atoms with Crippen LogP contribution in [0, 0.1) is 0 Å². The van der Waals surface area contributed by atoms with Crippen LogP contribution in [0.1, 0.15) is 53.0 Å². The molecular weight excluding hydrogens is 584 g/mol. The molecular formula is C34H31ClN2O7. The number of aromatic nitrogens is 1. The van der Waals surface area contributed by atoms with Gasteiger partial charge in [-0.05, 0) is 67.3 Å². The van der Waals surface area contributed by atoms with E-state index in [1.54, 1.807) is 19.1 Å². The third-order valence-electron chi connectivity index (χ3n) is 7.58. The third-order valence-corrected chi connectivity index (χ3v) is 7.65. The fourth-order valence-electron chi connectivity index (χ4n) is 5.51. The number of fused-ring (bicyclic) bond motifs is 1. The Bertz CT molecular complexity index is 1550. The lowest BCUT2D eigenvalue weighted by atomic mass is 9.74. The molecule has 2 aliphatic rings. The van der Waals surface area contributed by atoms with Crippen LogP contribution in [0.5, 0.6) is 0 Å². The molecule has 2 aliphatic heterocycles. The van der Waals surface area contributed by atoms with Crippen LogP contribution in [-0.2, 0) is 28.8 Å². The molecule has 44 heavy (non-hydrogen) atoms. The van der Waals surface area contributed by atoms with Gasteiger partial charge in [0, 0.05) is 11.8 Å². The van der Waals surface area contributed by atoms with Crippen LogP contribution in [0.15, 0.2) is 109 Å². The van der Waals surface area contributed by atoms with Crippen molar-refractivity contribution in [1.29, 1.82) is 0 Å². The lowest BCUT2D eigenvalue weighted by molar-refractivity contribution is -0.345. The summed E-state index contributed by atoms with van der Waals surface area (Å²) in [7, 11) is 0. The van der Waals surface area contributed by atoms with Gasteiger partial charge in [-0.1, -0.05) is 73.3 Å². The SMILES string of the molecule is C=CCOC(=O)c1ccnc(/C=C2/C(=O)N3C2CCC(C)(OOC(=C)Cl)[C@@H]3C(=O)OC(c2ccccc2)c2ccccc2)c1. The van der Waals surface area contributed by atoms with Gasteiger partial charge < -0.3 is 19.3 Å². The minimum absolute atomic E-state index is 0.0710. The van der Waals surface area contributed by atoms with Gasteiger partial charge in [0.15, 0.2) is 12.1 Å². The van der Waals surface area contributed by atoms with E-state index in [0.717, 1.165) is 11.1 Å². The number of carbonyl (C=O) groups is 3. The summed E-state index contributed by atoms with van der Waals surface area (Å²) in [5.74, 6) is -1.60. The van der Waals surface area contributed by atoms with Gasteiger partial charge in [-0.2, -0.15) is 4.89 Å². The van der Waals surface area contributed by atoms with Gasteiger partial charge in [0.2, 0.25) is 5.22 Å². The van der Waals surface area contributed by atoms with Gasteiger partial charge in [0.1, 0.15) is 12.2 Å². The maximum atomic E-state index is 14.1. The predicted octanol–water partition coefficient (Wildman–Crippen LogP) is 5.93. The number of β-lactam (4-membered cyclic amide) rings is 1. The average Bonchev–Trinajstić information content (AvgIpc) is 3.04. The summed E-state index contributed by atoms with van der Waals surface area (Å²) in [6.07, 6.45) is 4.60. The molecule has 0 saturated carbocycles. The van der Waals surface area contributed by atoms with Gasteiger partial charge in [-0.25, -0.2) is 9.59 Å². The number of esters is 2. The number of rotatable bonds is 11. The maximum absolute atomic E-state index is 14.1. The fourth-order valence-corrected chi connectivity index (χ4v) is 5.54. The highest BCUT2D eigenvalue weighted by molar-refractivity contribution is 6.27. The van der Waals surface area contributed by atoms with E-state index in [4.69, 9.17) is 30.8 Å². The van der Waals surface area contributed by atoms with E-state index in [1.807, 2.05) is 60.7 Å².